The lowest BCUT2D eigenvalue weighted by Crippen LogP contribution is -2.34. The highest BCUT2D eigenvalue weighted by Gasteiger charge is 2.32. The van der Waals surface area contributed by atoms with Crippen molar-refractivity contribution in [1.82, 2.24) is 15.3 Å². The molecule has 1 aromatic carbocycles. The van der Waals surface area contributed by atoms with E-state index in [0.29, 0.717) is 0 Å². The Morgan fingerprint density at radius 3 is 2.82 bits per heavy atom. The molecule has 1 aromatic heterocycles. The molecule has 0 unspecified atom stereocenters. The molecule has 1 aliphatic rings. The molecule has 2 aromatic rings. The summed E-state index contributed by atoms with van der Waals surface area (Å²) in [5.41, 5.74) is 3.54. The third-order valence-corrected chi connectivity index (χ3v) is 3.62. The van der Waals surface area contributed by atoms with Gasteiger partial charge in [0.15, 0.2) is 0 Å². The summed E-state index contributed by atoms with van der Waals surface area (Å²) in [6.45, 7) is 5.44. The molecule has 0 saturated carbocycles. The van der Waals surface area contributed by atoms with E-state index in [1.54, 1.807) is 0 Å². The van der Waals surface area contributed by atoms with Crippen LogP contribution in [0, 0.1) is 6.92 Å². The van der Waals surface area contributed by atoms with E-state index < -0.39 is 0 Å². The van der Waals surface area contributed by atoms with E-state index in [0.717, 1.165) is 24.3 Å². The highest BCUT2D eigenvalue weighted by Crippen LogP contribution is 2.30. The summed E-state index contributed by atoms with van der Waals surface area (Å²) in [5, 5.41) is 3.54. The molecule has 1 aliphatic heterocycles. The van der Waals surface area contributed by atoms with Gasteiger partial charge in [0.05, 0.1) is 16.6 Å². The molecule has 17 heavy (non-hydrogen) atoms. The van der Waals surface area contributed by atoms with Crippen LogP contribution in [-0.2, 0) is 5.54 Å². The number of benzene rings is 1. The normalized spacial score (nSPS) is 23.9. The van der Waals surface area contributed by atoms with Crippen molar-refractivity contribution < 1.29 is 0 Å². The number of hydrogen-bond donors (Lipinski definition) is 2. The topological polar surface area (TPSA) is 40.7 Å². The fourth-order valence-electron chi connectivity index (χ4n) is 2.53. The van der Waals surface area contributed by atoms with E-state index in [4.69, 9.17) is 4.98 Å². The van der Waals surface area contributed by atoms with Crippen molar-refractivity contribution >= 4 is 23.4 Å². The fraction of sp³-hybridized carbons (Fsp3) is 0.462. The monoisotopic (exact) mass is 251 g/mol. The van der Waals surface area contributed by atoms with Gasteiger partial charge >= 0.3 is 0 Å². The molecule has 1 saturated heterocycles. The third kappa shape index (κ3) is 1.94. The van der Waals surface area contributed by atoms with E-state index in [9.17, 15) is 0 Å². The summed E-state index contributed by atoms with van der Waals surface area (Å²) in [6, 6.07) is 6.25. The van der Waals surface area contributed by atoms with Gasteiger partial charge in [-0.3, -0.25) is 0 Å². The molecule has 0 aliphatic carbocycles. The molecule has 0 amide bonds. The molecule has 1 fully saturated rings. The molecule has 0 spiro atoms. The van der Waals surface area contributed by atoms with E-state index in [1.807, 2.05) is 0 Å². The number of para-hydroxylation sites is 1. The van der Waals surface area contributed by atoms with Crippen LogP contribution in [-0.4, -0.2) is 16.5 Å². The predicted molar refractivity (Wildman–Crippen MR) is 72.7 cm³/mol. The second-order valence-corrected chi connectivity index (χ2v) is 4.92. The number of imidazole rings is 1. The molecular weight excluding hydrogens is 234 g/mol. The first-order valence-electron chi connectivity index (χ1n) is 5.90. The van der Waals surface area contributed by atoms with Crippen molar-refractivity contribution in [3.8, 4) is 0 Å². The minimum absolute atomic E-state index is 0. The average molecular weight is 252 g/mol. The van der Waals surface area contributed by atoms with Gasteiger partial charge in [-0.15, -0.1) is 12.4 Å². The Balaban J connectivity index is 0.00000108. The SMILES string of the molecule is Cc1cccc2nc([C@]3(C)CCCN3)[nH]c12.Cl. The Morgan fingerprint density at radius 1 is 1.35 bits per heavy atom. The van der Waals surface area contributed by atoms with E-state index in [1.165, 1.54) is 17.5 Å². The van der Waals surface area contributed by atoms with Crippen LogP contribution >= 0.6 is 12.4 Å². The lowest BCUT2D eigenvalue weighted by molar-refractivity contribution is 0.412. The van der Waals surface area contributed by atoms with Crippen molar-refractivity contribution in [2.75, 3.05) is 6.54 Å². The highest BCUT2D eigenvalue weighted by molar-refractivity contribution is 5.85. The number of aromatic nitrogens is 2. The summed E-state index contributed by atoms with van der Waals surface area (Å²) in [7, 11) is 0. The second kappa shape index (κ2) is 4.31. The molecule has 4 heteroatoms. The third-order valence-electron chi connectivity index (χ3n) is 3.62. The largest absolute Gasteiger partial charge is 0.340 e. The maximum atomic E-state index is 4.71. The van der Waals surface area contributed by atoms with Crippen LogP contribution in [0.5, 0.6) is 0 Å². The number of nitrogens with zero attached hydrogens (tertiary/aromatic N) is 1. The zero-order chi connectivity index (χ0) is 11.2. The molecule has 3 nitrogen and oxygen atoms in total. The van der Waals surface area contributed by atoms with Crippen molar-refractivity contribution in [1.29, 1.82) is 0 Å². The van der Waals surface area contributed by atoms with Crippen LogP contribution < -0.4 is 5.32 Å². The molecule has 1 atom stereocenters. The standard InChI is InChI=1S/C13H17N3.ClH/c1-9-5-3-6-10-11(9)16-12(15-10)13(2)7-4-8-14-13;/h3,5-6,14H,4,7-8H2,1-2H3,(H,15,16);1H/t13-;/m0./s1. The molecule has 2 N–H and O–H groups in total. The van der Waals surface area contributed by atoms with Gasteiger partial charge in [-0.2, -0.15) is 0 Å². The molecular formula is C13H18ClN3. The van der Waals surface area contributed by atoms with Gasteiger partial charge in [0.25, 0.3) is 0 Å². The van der Waals surface area contributed by atoms with E-state index >= 15 is 0 Å². The van der Waals surface area contributed by atoms with Gasteiger partial charge in [-0.25, -0.2) is 4.98 Å². The van der Waals surface area contributed by atoms with Gasteiger partial charge in [0.2, 0.25) is 0 Å². The lowest BCUT2D eigenvalue weighted by atomic mass is 10.00. The Kier molecular flexibility index (Phi) is 3.15. The minimum Gasteiger partial charge on any atom is -0.340 e. The van der Waals surface area contributed by atoms with E-state index in [-0.39, 0.29) is 17.9 Å². The number of hydrogen-bond acceptors (Lipinski definition) is 2. The molecule has 2 heterocycles. The Hall–Kier alpha value is -1.06. The zero-order valence-corrected chi connectivity index (χ0v) is 11.0. The average Bonchev–Trinajstić information content (AvgIpc) is 2.85. The van der Waals surface area contributed by atoms with Crippen LogP contribution in [0.25, 0.3) is 11.0 Å². The van der Waals surface area contributed by atoms with Crippen LogP contribution in [0.15, 0.2) is 18.2 Å². The van der Waals surface area contributed by atoms with Gasteiger partial charge < -0.3 is 10.3 Å². The highest BCUT2D eigenvalue weighted by atomic mass is 35.5. The number of aryl methyl sites for hydroxylation is 1. The van der Waals surface area contributed by atoms with Crippen LogP contribution in [0.4, 0.5) is 0 Å². The quantitative estimate of drug-likeness (QED) is 0.818. The number of fused-ring (bicyclic) bond motifs is 1. The van der Waals surface area contributed by atoms with Crippen molar-refractivity contribution in [2.24, 2.45) is 0 Å². The fourth-order valence-corrected chi connectivity index (χ4v) is 2.53. The van der Waals surface area contributed by atoms with Crippen molar-refractivity contribution in [3.05, 3.63) is 29.6 Å². The summed E-state index contributed by atoms with van der Waals surface area (Å²) < 4.78 is 0. The number of aromatic amines is 1. The first kappa shape index (κ1) is 12.4. The van der Waals surface area contributed by atoms with Crippen molar-refractivity contribution in [2.45, 2.75) is 32.2 Å². The summed E-state index contributed by atoms with van der Waals surface area (Å²) in [5.74, 6) is 1.08. The van der Waals surface area contributed by atoms with Crippen LogP contribution in [0.2, 0.25) is 0 Å². The lowest BCUT2D eigenvalue weighted by Gasteiger charge is -2.21. The smallest absolute Gasteiger partial charge is 0.127 e. The van der Waals surface area contributed by atoms with Gasteiger partial charge in [-0.05, 0) is 44.9 Å². The maximum absolute atomic E-state index is 4.71. The number of nitrogens with one attached hydrogen (secondary N) is 2. The molecule has 0 bridgehead atoms. The van der Waals surface area contributed by atoms with E-state index in [2.05, 4.69) is 42.3 Å². The number of rotatable bonds is 1. The minimum atomic E-state index is 0. The summed E-state index contributed by atoms with van der Waals surface area (Å²) >= 11 is 0. The number of H-pyrrole nitrogens is 1. The molecule has 92 valence electrons. The second-order valence-electron chi connectivity index (χ2n) is 4.92. The summed E-state index contributed by atoms with van der Waals surface area (Å²) in [4.78, 5) is 8.18. The van der Waals surface area contributed by atoms with Gasteiger partial charge in [0.1, 0.15) is 5.82 Å². The Labute approximate surface area is 107 Å². The Morgan fingerprint density at radius 2 is 2.18 bits per heavy atom. The first-order valence-corrected chi connectivity index (χ1v) is 5.90. The van der Waals surface area contributed by atoms with Gasteiger partial charge in [0, 0.05) is 0 Å². The van der Waals surface area contributed by atoms with Crippen LogP contribution in [0.1, 0.15) is 31.2 Å². The predicted octanol–water partition coefficient (Wildman–Crippen LogP) is 2.89. The molecule has 0 radical (unpaired) electrons. The number of halogens is 1. The van der Waals surface area contributed by atoms with Crippen LogP contribution in [0.3, 0.4) is 0 Å². The zero-order valence-electron chi connectivity index (χ0n) is 10.2. The summed E-state index contributed by atoms with van der Waals surface area (Å²) in [6.07, 6.45) is 2.39. The van der Waals surface area contributed by atoms with Gasteiger partial charge in [-0.1, -0.05) is 12.1 Å². The van der Waals surface area contributed by atoms with Crippen molar-refractivity contribution in [3.63, 3.8) is 0 Å². The Bertz CT molecular complexity index is 526. The first-order chi connectivity index (χ1) is 7.69. The molecule has 3 rings (SSSR count). The maximum Gasteiger partial charge on any atom is 0.127 e.